The first-order valence-corrected chi connectivity index (χ1v) is 9.30. The summed E-state index contributed by atoms with van der Waals surface area (Å²) in [6.45, 7) is 16.7. The molecule has 0 aromatic carbocycles. The summed E-state index contributed by atoms with van der Waals surface area (Å²) in [4.78, 5) is 0. The van der Waals surface area contributed by atoms with Crippen molar-refractivity contribution in [3.05, 3.63) is 35.9 Å². The second-order valence-corrected chi connectivity index (χ2v) is 8.30. The summed E-state index contributed by atoms with van der Waals surface area (Å²) < 4.78 is 4.16. The van der Waals surface area contributed by atoms with E-state index in [0.29, 0.717) is 17.9 Å². The van der Waals surface area contributed by atoms with Gasteiger partial charge < -0.3 is 0 Å². The molecule has 2 aromatic rings. The zero-order valence-electron chi connectivity index (χ0n) is 16.5. The van der Waals surface area contributed by atoms with Crippen LogP contribution in [-0.2, 0) is 12.0 Å². The fourth-order valence-corrected chi connectivity index (χ4v) is 3.31. The van der Waals surface area contributed by atoms with E-state index in [-0.39, 0.29) is 5.41 Å². The Balaban J connectivity index is 1.99. The topological polar surface area (TPSA) is 35.6 Å². The Hall–Kier alpha value is -1.58. The van der Waals surface area contributed by atoms with Gasteiger partial charge in [-0.3, -0.25) is 9.36 Å². The SMILES string of the molecule is CCC(C)c1cnn(CC(C)CC(C)(C)c2cnn(C(C)C)c2)c1. The van der Waals surface area contributed by atoms with E-state index in [2.05, 4.69) is 75.7 Å². The molecule has 0 saturated heterocycles. The van der Waals surface area contributed by atoms with Gasteiger partial charge in [0.05, 0.1) is 12.4 Å². The fraction of sp³-hybridized carbons (Fsp3) is 0.700. The van der Waals surface area contributed by atoms with Gasteiger partial charge in [-0.1, -0.05) is 34.6 Å². The lowest BCUT2D eigenvalue weighted by atomic mass is 9.79. The van der Waals surface area contributed by atoms with Gasteiger partial charge >= 0.3 is 0 Å². The maximum atomic E-state index is 4.56. The molecule has 2 heterocycles. The Morgan fingerprint density at radius 1 is 1.04 bits per heavy atom. The van der Waals surface area contributed by atoms with Crippen molar-refractivity contribution in [3.8, 4) is 0 Å². The number of hydrogen-bond donors (Lipinski definition) is 0. The summed E-state index contributed by atoms with van der Waals surface area (Å²) in [5, 5.41) is 9.06. The summed E-state index contributed by atoms with van der Waals surface area (Å²) in [5.74, 6) is 1.15. The zero-order valence-corrected chi connectivity index (χ0v) is 16.5. The highest BCUT2D eigenvalue weighted by Gasteiger charge is 2.25. The minimum atomic E-state index is 0.124. The molecule has 0 bridgehead atoms. The summed E-state index contributed by atoms with van der Waals surface area (Å²) in [5.41, 5.74) is 2.80. The lowest BCUT2D eigenvalue weighted by molar-refractivity contribution is 0.334. The third-order valence-electron chi connectivity index (χ3n) is 5.10. The van der Waals surface area contributed by atoms with E-state index in [1.807, 2.05) is 17.1 Å². The van der Waals surface area contributed by atoms with Crippen LogP contribution in [0.15, 0.2) is 24.8 Å². The van der Waals surface area contributed by atoms with Crippen LogP contribution in [0.1, 0.15) is 84.4 Å². The average molecular weight is 331 g/mol. The minimum Gasteiger partial charge on any atom is -0.272 e. The first-order chi connectivity index (χ1) is 11.2. The Labute approximate surface area is 147 Å². The molecular formula is C20H34N4. The molecule has 134 valence electrons. The van der Waals surface area contributed by atoms with Gasteiger partial charge in [0, 0.05) is 25.0 Å². The molecule has 0 aliphatic heterocycles. The van der Waals surface area contributed by atoms with Crippen molar-refractivity contribution in [2.45, 2.75) is 85.2 Å². The van der Waals surface area contributed by atoms with Crippen LogP contribution in [-0.4, -0.2) is 19.6 Å². The highest BCUT2D eigenvalue weighted by molar-refractivity contribution is 5.17. The van der Waals surface area contributed by atoms with E-state index in [0.717, 1.165) is 19.4 Å². The van der Waals surface area contributed by atoms with E-state index in [1.54, 1.807) is 0 Å². The summed E-state index contributed by atoms with van der Waals surface area (Å²) >= 11 is 0. The van der Waals surface area contributed by atoms with Crippen LogP contribution in [0.2, 0.25) is 0 Å². The number of nitrogens with zero attached hydrogens (tertiary/aromatic N) is 4. The molecule has 4 nitrogen and oxygen atoms in total. The smallest absolute Gasteiger partial charge is 0.0527 e. The molecule has 2 unspecified atom stereocenters. The van der Waals surface area contributed by atoms with E-state index in [4.69, 9.17) is 0 Å². The molecule has 0 saturated carbocycles. The molecule has 0 aliphatic rings. The summed E-state index contributed by atoms with van der Waals surface area (Å²) in [6, 6.07) is 0.412. The Kier molecular flexibility index (Phi) is 5.89. The fourth-order valence-electron chi connectivity index (χ4n) is 3.31. The highest BCUT2D eigenvalue weighted by atomic mass is 15.3. The maximum Gasteiger partial charge on any atom is 0.0527 e. The summed E-state index contributed by atoms with van der Waals surface area (Å²) in [6.07, 6.45) is 10.8. The predicted molar refractivity (Wildman–Crippen MR) is 100 cm³/mol. The minimum absolute atomic E-state index is 0.124. The van der Waals surface area contributed by atoms with Gasteiger partial charge in [-0.25, -0.2) is 0 Å². The molecule has 0 radical (unpaired) electrons. The standard InChI is InChI=1S/C20H34N4/c1-8-17(5)18-10-21-23(13-18)12-16(4)9-20(6,7)19-11-22-24(14-19)15(2)3/h10-11,13-17H,8-9,12H2,1-7H3. The highest BCUT2D eigenvalue weighted by Crippen LogP contribution is 2.31. The molecule has 0 amide bonds. The van der Waals surface area contributed by atoms with Crippen LogP contribution in [0.3, 0.4) is 0 Å². The molecule has 4 heteroatoms. The second kappa shape index (κ2) is 7.54. The van der Waals surface area contributed by atoms with Gasteiger partial charge in [-0.05, 0) is 55.1 Å². The van der Waals surface area contributed by atoms with Crippen molar-refractivity contribution in [2.75, 3.05) is 0 Å². The van der Waals surface area contributed by atoms with Gasteiger partial charge in [0.2, 0.25) is 0 Å². The van der Waals surface area contributed by atoms with Crippen LogP contribution in [0, 0.1) is 5.92 Å². The third kappa shape index (κ3) is 4.49. The molecule has 0 N–H and O–H groups in total. The molecule has 2 atom stereocenters. The van der Waals surface area contributed by atoms with Crippen LogP contribution in [0.5, 0.6) is 0 Å². The van der Waals surface area contributed by atoms with Crippen molar-refractivity contribution < 1.29 is 0 Å². The first kappa shape index (κ1) is 18.8. The van der Waals surface area contributed by atoms with Gasteiger partial charge in [0.1, 0.15) is 0 Å². The van der Waals surface area contributed by atoms with Crippen molar-refractivity contribution in [1.29, 1.82) is 0 Å². The van der Waals surface area contributed by atoms with E-state index in [1.165, 1.54) is 11.1 Å². The second-order valence-electron chi connectivity index (χ2n) is 8.30. The number of aromatic nitrogens is 4. The normalized spacial score (nSPS) is 15.0. The first-order valence-electron chi connectivity index (χ1n) is 9.30. The quantitative estimate of drug-likeness (QED) is 0.668. The maximum absolute atomic E-state index is 4.56. The molecular weight excluding hydrogens is 296 g/mol. The Morgan fingerprint density at radius 3 is 2.33 bits per heavy atom. The van der Waals surface area contributed by atoms with E-state index < -0.39 is 0 Å². The summed E-state index contributed by atoms with van der Waals surface area (Å²) in [7, 11) is 0. The van der Waals surface area contributed by atoms with Gasteiger partial charge in [0.25, 0.3) is 0 Å². The van der Waals surface area contributed by atoms with Crippen LogP contribution in [0.25, 0.3) is 0 Å². The molecule has 0 spiro atoms. The van der Waals surface area contributed by atoms with Crippen molar-refractivity contribution >= 4 is 0 Å². The lowest BCUT2D eigenvalue weighted by Crippen LogP contribution is -2.22. The van der Waals surface area contributed by atoms with Crippen LogP contribution < -0.4 is 0 Å². The Morgan fingerprint density at radius 2 is 1.75 bits per heavy atom. The molecule has 2 rings (SSSR count). The predicted octanol–water partition coefficient (Wildman–Crippen LogP) is 5.18. The molecule has 0 aliphatic carbocycles. The van der Waals surface area contributed by atoms with Crippen molar-refractivity contribution in [2.24, 2.45) is 5.92 Å². The van der Waals surface area contributed by atoms with Crippen molar-refractivity contribution in [3.63, 3.8) is 0 Å². The molecule has 2 aromatic heterocycles. The third-order valence-corrected chi connectivity index (χ3v) is 5.10. The van der Waals surface area contributed by atoms with Crippen LogP contribution >= 0.6 is 0 Å². The number of rotatable bonds is 8. The van der Waals surface area contributed by atoms with Crippen LogP contribution in [0.4, 0.5) is 0 Å². The Bertz CT molecular complexity index is 636. The van der Waals surface area contributed by atoms with E-state index in [9.17, 15) is 0 Å². The average Bonchev–Trinajstić information content (AvgIpc) is 3.14. The van der Waals surface area contributed by atoms with Gasteiger partial charge in [-0.15, -0.1) is 0 Å². The van der Waals surface area contributed by atoms with Gasteiger partial charge in [0.15, 0.2) is 0 Å². The molecule has 0 fully saturated rings. The number of hydrogen-bond acceptors (Lipinski definition) is 2. The lowest BCUT2D eigenvalue weighted by Gasteiger charge is -2.27. The van der Waals surface area contributed by atoms with Crippen molar-refractivity contribution in [1.82, 2.24) is 19.6 Å². The zero-order chi connectivity index (χ0) is 17.9. The van der Waals surface area contributed by atoms with E-state index >= 15 is 0 Å². The largest absolute Gasteiger partial charge is 0.272 e. The molecule has 24 heavy (non-hydrogen) atoms. The van der Waals surface area contributed by atoms with Gasteiger partial charge in [-0.2, -0.15) is 10.2 Å². The monoisotopic (exact) mass is 330 g/mol.